The molecule has 6 nitrogen and oxygen atoms in total. The predicted octanol–water partition coefficient (Wildman–Crippen LogP) is 17.4. The maximum absolute atomic E-state index is 5.52. The Bertz CT molecular complexity index is 1050. The molecule has 0 aromatic rings. The molecule has 8 rings (SSSR count). The van der Waals surface area contributed by atoms with E-state index in [0.717, 1.165) is 75.1 Å². The van der Waals surface area contributed by atoms with Gasteiger partial charge < -0.3 is 29.6 Å². The number of rotatable bonds is 0. The molecule has 0 radical (unpaired) electrons. The molecule has 6 heteroatoms. The summed E-state index contributed by atoms with van der Waals surface area (Å²) >= 11 is 0. The Hall–Kier alpha value is -0.240. The SMILES string of the molecule is C.CC(C)(C)C1CCC1.CC(C)(C)C1CCCC1.CC(C)(C)C1CCCO1.CC(C)(C)C1CCNC1.CC(C)(C)C1CCO1.CC(C)(C)C1CCOC1.CC(C)(C)C1CNC1.CC(C)(C)C1COC1. The molecule has 2 N–H and O–H groups in total. The van der Waals surface area contributed by atoms with Gasteiger partial charge in [0.05, 0.1) is 25.4 Å². The van der Waals surface area contributed by atoms with Crippen molar-refractivity contribution in [3.8, 4) is 0 Å². The van der Waals surface area contributed by atoms with Crippen LogP contribution in [0.15, 0.2) is 0 Å². The van der Waals surface area contributed by atoms with Crippen molar-refractivity contribution in [1.29, 1.82) is 0 Å². The summed E-state index contributed by atoms with van der Waals surface area (Å²) in [4.78, 5) is 0. The van der Waals surface area contributed by atoms with E-state index in [1.54, 1.807) is 0 Å². The van der Waals surface area contributed by atoms with E-state index in [4.69, 9.17) is 18.9 Å². The zero-order valence-electron chi connectivity index (χ0n) is 50.8. The zero-order valence-corrected chi connectivity index (χ0v) is 50.8. The molecule has 6 heterocycles. The molecule has 2 aliphatic carbocycles. The summed E-state index contributed by atoms with van der Waals surface area (Å²) in [5, 5.41) is 6.65. The Morgan fingerprint density at radius 2 is 0.667 bits per heavy atom. The van der Waals surface area contributed by atoms with Crippen LogP contribution in [0.3, 0.4) is 0 Å². The van der Waals surface area contributed by atoms with E-state index >= 15 is 0 Å². The molecule has 4 atom stereocenters. The van der Waals surface area contributed by atoms with E-state index in [-0.39, 0.29) is 7.43 Å². The van der Waals surface area contributed by atoms with Crippen LogP contribution in [0.25, 0.3) is 0 Å². The minimum absolute atomic E-state index is 0. The highest BCUT2D eigenvalue weighted by molar-refractivity contribution is 4.85. The van der Waals surface area contributed by atoms with Gasteiger partial charge in [-0.3, -0.25) is 0 Å². The van der Waals surface area contributed by atoms with Gasteiger partial charge in [-0.1, -0.05) is 193 Å². The van der Waals surface area contributed by atoms with Crippen LogP contribution in [0.5, 0.6) is 0 Å². The van der Waals surface area contributed by atoms with Gasteiger partial charge in [-0.05, 0) is 157 Å². The van der Waals surface area contributed by atoms with Crippen molar-refractivity contribution >= 4 is 0 Å². The lowest BCUT2D eigenvalue weighted by Crippen LogP contribution is -2.48. The highest BCUT2D eigenvalue weighted by atomic mass is 16.5. The number of hydrogen-bond acceptors (Lipinski definition) is 6. The monoisotopic (exact) mass is 979 g/mol. The average Bonchev–Trinajstić information content (AvgIpc) is 3.89. The molecule has 8 fully saturated rings. The summed E-state index contributed by atoms with van der Waals surface area (Å²) in [6.45, 7) is 65.8. The van der Waals surface area contributed by atoms with Crippen LogP contribution in [0, 0.1) is 78.8 Å². The van der Waals surface area contributed by atoms with Gasteiger partial charge in [-0.25, -0.2) is 0 Å². The molecule has 2 saturated carbocycles. The first-order chi connectivity index (χ1) is 30.8. The van der Waals surface area contributed by atoms with Crippen LogP contribution in [0.1, 0.15) is 251 Å². The maximum Gasteiger partial charge on any atom is 0.0645 e. The Balaban J connectivity index is 0.000000765. The Morgan fingerprint density at radius 3 is 0.783 bits per heavy atom. The molecule has 6 saturated heterocycles. The van der Waals surface area contributed by atoms with E-state index < -0.39 is 0 Å². The second-order valence-corrected chi connectivity index (χ2v) is 31.0. The van der Waals surface area contributed by atoms with Crippen molar-refractivity contribution < 1.29 is 18.9 Å². The largest absolute Gasteiger partial charge is 0.381 e. The first kappa shape index (κ1) is 68.8. The van der Waals surface area contributed by atoms with Crippen LogP contribution >= 0.6 is 0 Å². The van der Waals surface area contributed by atoms with Gasteiger partial charge in [0, 0.05) is 32.3 Å². The van der Waals surface area contributed by atoms with Crippen LogP contribution in [0.2, 0.25) is 0 Å². The number of nitrogens with one attached hydrogen (secondary N) is 2. The molecule has 0 amide bonds. The smallest absolute Gasteiger partial charge is 0.0645 e. The summed E-state index contributed by atoms with van der Waals surface area (Å²) in [5.41, 5.74) is 3.88. The Kier molecular flexibility index (Phi) is 30.2. The van der Waals surface area contributed by atoms with Crippen molar-refractivity contribution in [2.45, 2.75) is 263 Å². The third-order valence-corrected chi connectivity index (χ3v) is 16.8. The lowest BCUT2D eigenvalue weighted by atomic mass is 9.69. The zero-order chi connectivity index (χ0) is 52.4. The van der Waals surface area contributed by atoms with Crippen LogP contribution < -0.4 is 10.6 Å². The number of hydrogen-bond donors (Lipinski definition) is 2. The number of ether oxygens (including phenoxy) is 4. The van der Waals surface area contributed by atoms with Crippen LogP contribution in [-0.4, -0.2) is 78.0 Å². The molecule has 69 heavy (non-hydrogen) atoms. The van der Waals surface area contributed by atoms with Gasteiger partial charge in [-0.2, -0.15) is 0 Å². The third kappa shape index (κ3) is 29.4. The first-order valence-electron chi connectivity index (χ1n) is 28.6. The summed E-state index contributed by atoms with van der Waals surface area (Å²) in [6.07, 6.45) is 17.7. The van der Waals surface area contributed by atoms with Gasteiger partial charge >= 0.3 is 0 Å². The standard InChI is InChI=1S/C9H18.C8H17N.2C8H16O.C8H16.C7H15N.2C7H14O.CH4/c1-9(2,3)8-6-4-5-7-8;2*1-8(2,3)7-4-5-9-6-7;1-8(2,3)7-5-4-6-9-7;1-8(2,3)7-5-4-6-7;2*1-7(2,3)6-4-8-5-6;1-7(2,3)6-4-5-8-6;/h8H,4-7H2,1-3H3;7,9H,4-6H2,1-3H3;2*7H,4-6H2,1-3H3;7H,4-6H2,1-3H3;6,8H,4-5H2,1-3H3;2*6H,4-5H2,1-3H3;1H4. The maximum atomic E-state index is 5.52. The van der Waals surface area contributed by atoms with Crippen molar-refractivity contribution in [1.82, 2.24) is 10.6 Å². The second kappa shape index (κ2) is 30.3. The molecule has 6 aliphatic heterocycles. The van der Waals surface area contributed by atoms with E-state index in [1.807, 2.05) is 0 Å². The van der Waals surface area contributed by atoms with Crippen molar-refractivity contribution in [2.24, 2.45) is 78.8 Å². The van der Waals surface area contributed by atoms with Gasteiger partial charge in [0.15, 0.2) is 0 Å². The highest BCUT2D eigenvalue weighted by Gasteiger charge is 2.34. The Labute approximate surface area is 435 Å². The van der Waals surface area contributed by atoms with Crippen molar-refractivity contribution in [2.75, 3.05) is 65.8 Å². The molecule has 0 aromatic carbocycles. The molecule has 0 bridgehead atoms. The van der Waals surface area contributed by atoms with E-state index in [0.29, 0.717) is 55.5 Å². The van der Waals surface area contributed by atoms with E-state index in [2.05, 4.69) is 177 Å². The van der Waals surface area contributed by atoms with E-state index in [1.165, 1.54) is 103 Å². The molecular weight excluding hydrogens is 849 g/mol. The van der Waals surface area contributed by atoms with Crippen LogP contribution in [-0.2, 0) is 18.9 Å². The van der Waals surface area contributed by atoms with Crippen molar-refractivity contribution in [3.63, 3.8) is 0 Å². The van der Waals surface area contributed by atoms with Gasteiger partial charge in [0.25, 0.3) is 0 Å². The van der Waals surface area contributed by atoms with Gasteiger partial charge in [-0.15, -0.1) is 0 Å². The van der Waals surface area contributed by atoms with Gasteiger partial charge in [0.1, 0.15) is 0 Å². The summed E-state index contributed by atoms with van der Waals surface area (Å²) < 4.78 is 21.2. The fourth-order valence-corrected chi connectivity index (χ4v) is 9.49. The molecule has 0 spiro atoms. The van der Waals surface area contributed by atoms with Crippen LogP contribution in [0.4, 0.5) is 0 Å². The molecule has 416 valence electrons. The molecule has 0 aromatic heterocycles. The quantitative estimate of drug-likeness (QED) is 0.252. The minimum atomic E-state index is 0. The summed E-state index contributed by atoms with van der Waals surface area (Å²) in [5.74, 6) is 5.46. The predicted molar refractivity (Wildman–Crippen MR) is 306 cm³/mol. The molecule has 4 unspecified atom stereocenters. The Morgan fingerprint density at radius 1 is 0.290 bits per heavy atom. The molecule has 8 aliphatic rings. The molecular formula is C63H130N2O4. The summed E-state index contributed by atoms with van der Waals surface area (Å²) in [7, 11) is 0. The average molecular weight is 980 g/mol. The first-order valence-corrected chi connectivity index (χ1v) is 28.6. The topological polar surface area (TPSA) is 61.0 Å². The summed E-state index contributed by atoms with van der Waals surface area (Å²) in [6, 6.07) is 0. The fraction of sp³-hybridized carbons (Fsp3) is 1.00. The van der Waals surface area contributed by atoms with Gasteiger partial charge in [0.2, 0.25) is 0 Å². The van der Waals surface area contributed by atoms with E-state index in [9.17, 15) is 0 Å². The fourth-order valence-electron chi connectivity index (χ4n) is 9.49. The third-order valence-electron chi connectivity index (χ3n) is 16.8. The lowest BCUT2D eigenvalue weighted by Gasteiger charge is -2.38. The second-order valence-electron chi connectivity index (χ2n) is 31.0. The highest BCUT2D eigenvalue weighted by Crippen LogP contribution is 2.41. The lowest BCUT2D eigenvalue weighted by molar-refractivity contribution is -0.109. The van der Waals surface area contributed by atoms with Crippen molar-refractivity contribution in [3.05, 3.63) is 0 Å². The minimum Gasteiger partial charge on any atom is -0.381 e. The normalized spacial score (nSPS) is 25.7.